The molecule has 0 bridgehead atoms. The molecule has 0 fully saturated rings. The molecule has 0 aromatic carbocycles. The van der Waals surface area contributed by atoms with Gasteiger partial charge in [-0.3, -0.25) is 9.59 Å². The first-order chi connectivity index (χ1) is 44.1. The zero-order valence-corrected chi connectivity index (χ0v) is 59.8. The van der Waals surface area contributed by atoms with Crippen molar-refractivity contribution in [1.82, 2.24) is 0 Å². The Balaban J connectivity index is 4.03. The lowest BCUT2D eigenvalue weighted by atomic mass is 10.0. The molecule has 0 heterocycles. The molecule has 2 atom stereocenters. The van der Waals surface area contributed by atoms with Crippen molar-refractivity contribution < 1.29 is 42.9 Å². The Kier molecular flexibility index (Phi) is 68.5. The Morgan fingerprint density at radius 1 is 0.344 bits per heavy atom. The van der Waals surface area contributed by atoms with Crippen molar-refractivity contribution >= 4 is 17.9 Å². The molecule has 522 valence electrons. The Labute approximate surface area is 557 Å². The first-order valence-corrected chi connectivity index (χ1v) is 38.3. The predicted octanol–water partition coefficient (Wildman–Crippen LogP) is 24.2. The molecular formula is C81H146NO8+. The van der Waals surface area contributed by atoms with E-state index in [0.29, 0.717) is 17.4 Å². The van der Waals surface area contributed by atoms with Gasteiger partial charge in [0.1, 0.15) is 13.2 Å². The number of quaternary nitrogens is 1. The zero-order valence-electron chi connectivity index (χ0n) is 59.8. The molecule has 9 nitrogen and oxygen atoms in total. The van der Waals surface area contributed by atoms with Gasteiger partial charge in [-0.1, -0.05) is 356 Å². The number of hydrogen-bond acceptors (Lipinski definition) is 7. The summed E-state index contributed by atoms with van der Waals surface area (Å²) in [6.45, 7) is 4.82. The molecule has 90 heavy (non-hydrogen) atoms. The highest BCUT2D eigenvalue weighted by atomic mass is 16.7. The third kappa shape index (κ3) is 71.9. The van der Waals surface area contributed by atoms with E-state index in [9.17, 15) is 19.5 Å². The largest absolute Gasteiger partial charge is 0.477 e. The average molecular weight is 1260 g/mol. The molecule has 0 radical (unpaired) electrons. The fourth-order valence-corrected chi connectivity index (χ4v) is 11.1. The third-order valence-corrected chi connectivity index (χ3v) is 16.9. The summed E-state index contributed by atoms with van der Waals surface area (Å²) in [6, 6.07) is 0. The van der Waals surface area contributed by atoms with E-state index in [0.717, 1.165) is 83.5 Å². The predicted molar refractivity (Wildman–Crippen MR) is 387 cm³/mol. The van der Waals surface area contributed by atoms with Gasteiger partial charge in [0, 0.05) is 12.8 Å². The number of allylic oxidation sites excluding steroid dienone is 14. The Morgan fingerprint density at radius 3 is 0.944 bits per heavy atom. The highest BCUT2D eigenvalue weighted by Gasteiger charge is 2.25. The number of carbonyl (C=O) groups is 3. The number of carboxylic acids is 1. The van der Waals surface area contributed by atoms with Crippen LogP contribution in [-0.2, 0) is 33.3 Å². The molecule has 0 amide bonds. The Hall–Kier alpha value is -3.53. The summed E-state index contributed by atoms with van der Waals surface area (Å²) in [5, 5.41) is 9.76. The van der Waals surface area contributed by atoms with E-state index < -0.39 is 18.4 Å². The van der Waals surface area contributed by atoms with Crippen LogP contribution in [0.25, 0.3) is 0 Å². The van der Waals surface area contributed by atoms with Crippen molar-refractivity contribution in [3.05, 3.63) is 85.1 Å². The van der Waals surface area contributed by atoms with E-state index >= 15 is 0 Å². The molecule has 2 unspecified atom stereocenters. The van der Waals surface area contributed by atoms with Crippen molar-refractivity contribution in [3.63, 3.8) is 0 Å². The van der Waals surface area contributed by atoms with E-state index in [1.165, 1.54) is 244 Å². The quantitative estimate of drug-likeness (QED) is 0.0211. The summed E-state index contributed by atoms with van der Waals surface area (Å²) in [4.78, 5) is 37.7. The van der Waals surface area contributed by atoms with Gasteiger partial charge in [-0.25, -0.2) is 4.79 Å². The number of unbranched alkanes of at least 4 members (excludes halogenated alkanes) is 42. The lowest BCUT2D eigenvalue weighted by Crippen LogP contribution is -2.40. The minimum absolute atomic E-state index is 0.179. The van der Waals surface area contributed by atoms with Crippen LogP contribution in [0.4, 0.5) is 0 Å². The van der Waals surface area contributed by atoms with Gasteiger partial charge in [-0.15, -0.1) is 0 Å². The number of aliphatic carboxylic acids is 1. The second kappa shape index (κ2) is 71.3. The van der Waals surface area contributed by atoms with Gasteiger partial charge >= 0.3 is 17.9 Å². The highest BCUT2D eigenvalue weighted by Crippen LogP contribution is 2.19. The van der Waals surface area contributed by atoms with Gasteiger partial charge in [0.2, 0.25) is 0 Å². The van der Waals surface area contributed by atoms with Crippen molar-refractivity contribution in [3.8, 4) is 0 Å². The second-order valence-electron chi connectivity index (χ2n) is 26.9. The number of hydrogen-bond donors (Lipinski definition) is 1. The van der Waals surface area contributed by atoms with Crippen molar-refractivity contribution in [2.45, 2.75) is 367 Å². The standard InChI is InChI=1S/C81H145NO8/c1-6-8-10-12-14-16-18-20-22-24-26-28-30-32-34-35-36-37-38-39-40-41-42-43-44-45-46-48-50-52-54-56-58-60-62-64-66-68-70-72-79(84)90-77(76-89-81(80(85)86)87-74-73-82(3,4)5)75-88-78(83)71-69-67-65-63-61-59-57-55-53-51-49-47-33-31-29-27-25-23-21-19-17-15-13-11-9-7-2/h8,10,14,16,20,22,26,28,32,34,36-37,39-40,77,81H,6-7,9,11-13,15,17-19,21,23-25,27,29-31,33,35,38,41-76H2,1-5H3/p+1/b10-8-,16-14-,22-20-,28-26-,34-32-,37-36-,40-39-. The molecule has 0 saturated heterocycles. The van der Waals surface area contributed by atoms with Crippen LogP contribution in [0.2, 0.25) is 0 Å². The lowest BCUT2D eigenvalue weighted by molar-refractivity contribution is -0.870. The maximum absolute atomic E-state index is 13.0. The molecule has 0 spiro atoms. The number of carbonyl (C=O) groups excluding carboxylic acids is 2. The highest BCUT2D eigenvalue weighted by molar-refractivity contribution is 5.71. The molecule has 0 rings (SSSR count). The number of nitrogens with zero attached hydrogens (tertiary/aromatic N) is 1. The Morgan fingerprint density at radius 2 is 0.633 bits per heavy atom. The molecule has 0 aromatic rings. The summed E-state index contributed by atoms with van der Waals surface area (Å²) < 4.78 is 23.0. The van der Waals surface area contributed by atoms with Gasteiger partial charge in [0.25, 0.3) is 6.29 Å². The molecular weight excluding hydrogens is 1110 g/mol. The number of esters is 2. The van der Waals surface area contributed by atoms with Crippen LogP contribution in [0, 0.1) is 0 Å². The summed E-state index contributed by atoms with van der Waals surface area (Å²) in [5.41, 5.74) is 0. The fourth-order valence-electron chi connectivity index (χ4n) is 11.1. The van der Waals surface area contributed by atoms with Crippen LogP contribution >= 0.6 is 0 Å². The van der Waals surface area contributed by atoms with Crippen molar-refractivity contribution in [1.29, 1.82) is 0 Å². The zero-order chi connectivity index (χ0) is 65.4. The van der Waals surface area contributed by atoms with E-state index in [2.05, 4.69) is 98.9 Å². The van der Waals surface area contributed by atoms with E-state index in [-0.39, 0.29) is 38.2 Å². The van der Waals surface area contributed by atoms with Crippen molar-refractivity contribution in [2.24, 2.45) is 0 Å². The molecule has 0 aliphatic carbocycles. The summed E-state index contributed by atoms with van der Waals surface area (Å²) in [6.07, 6.45) is 94.3. The normalized spacial score (nSPS) is 13.1. The summed E-state index contributed by atoms with van der Waals surface area (Å²) >= 11 is 0. The topological polar surface area (TPSA) is 108 Å². The number of ether oxygens (including phenoxy) is 4. The average Bonchev–Trinajstić information content (AvgIpc) is 3.65. The van der Waals surface area contributed by atoms with Crippen LogP contribution in [0.3, 0.4) is 0 Å². The van der Waals surface area contributed by atoms with Gasteiger partial charge in [0.15, 0.2) is 6.10 Å². The number of likely N-dealkylation sites (N-methyl/N-ethyl adjacent to an activating group) is 1. The van der Waals surface area contributed by atoms with Gasteiger partial charge in [0.05, 0.1) is 34.4 Å². The van der Waals surface area contributed by atoms with Crippen molar-refractivity contribution in [2.75, 3.05) is 47.5 Å². The van der Waals surface area contributed by atoms with Crippen LogP contribution in [0.15, 0.2) is 85.1 Å². The molecule has 0 saturated carbocycles. The van der Waals surface area contributed by atoms with E-state index in [1.807, 2.05) is 21.1 Å². The van der Waals surface area contributed by atoms with Crippen LogP contribution < -0.4 is 0 Å². The van der Waals surface area contributed by atoms with E-state index in [4.69, 9.17) is 18.9 Å². The SMILES string of the molecule is CC/C=C\C/C=C\C/C=C\C/C=C\C/C=C\C/C=C\C/C=C\CCCCCCCCCCCCCCCCCCCC(=O)OC(COC(=O)CCCCCCCCCCCCCCCCCCCCCCCCCCCC)COC(OCC[N+](C)(C)C)C(=O)O. The molecule has 9 heteroatoms. The first-order valence-electron chi connectivity index (χ1n) is 38.3. The van der Waals surface area contributed by atoms with Gasteiger partial charge in [-0.2, -0.15) is 0 Å². The molecule has 0 aliphatic rings. The van der Waals surface area contributed by atoms with Crippen LogP contribution in [-0.4, -0.2) is 87.4 Å². The molecule has 0 aliphatic heterocycles. The van der Waals surface area contributed by atoms with Crippen LogP contribution in [0.5, 0.6) is 0 Å². The fraction of sp³-hybridized carbons (Fsp3) is 0.790. The Bertz CT molecular complexity index is 1760. The summed E-state index contributed by atoms with van der Waals surface area (Å²) in [7, 11) is 5.99. The third-order valence-electron chi connectivity index (χ3n) is 16.9. The van der Waals surface area contributed by atoms with Gasteiger partial charge < -0.3 is 28.5 Å². The molecule has 1 N–H and O–H groups in total. The number of carboxylic acid groups (broad SMARTS) is 1. The van der Waals surface area contributed by atoms with E-state index in [1.54, 1.807) is 0 Å². The minimum atomic E-state index is -1.51. The summed E-state index contributed by atoms with van der Waals surface area (Å²) in [5.74, 6) is -1.98. The first kappa shape index (κ1) is 86.5. The monoisotopic (exact) mass is 1260 g/mol. The lowest BCUT2D eigenvalue weighted by Gasteiger charge is -2.25. The maximum atomic E-state index is 13.0. The van der Waals surface area contributed by atoms with Gasteiger partial charge in [-0.05, 0) is 70.6 Å². The minimum Gasteiger partial charge on any atom is -0.477 e. The van der Waals surface area contributed by atoms with Crippen LogP contribution in [0.1, 0.15) is 354 Å². The molecule has 0 aromatic heterocycles. The smallest absolute Gasteiger partial charge is 0.361 e. The second-order valence-corrected chi connectivity index (χ2v) is 26.9. The number of rotatable bonds is 71. The maximum Gasteiger partial charge on any atom is 0.361 e.